The molecule has 0 saturated carbocycles. The van der Waals surface area contributed by atoms with E-state index in [0.29, 0.717) is 0 Å². The van der Waals surface area contributed by atoms with E-state index in [1.54, 1.807) is 0 Å². The van der Waals surface area contributed by atoms with Gasteiger partial charge in [-0.2, -0.15) is 0 Å². The van der Waals surface area contributed by atoms with Crippen molar-refractivity contribution < 1.29 is 4.42 Å². The molecule has 190 valence electrons. The van der Waals surface area contributed by atoms with Crippen LogP contribution in [0.15, 0.2) is 150 Å². The Hall–Kier alpha value is -5.40. The predicted octanol–water partition coefficient (Wildman–Crippen LogP) is 11.5. The van der Waals surface area contributed by atoms with Gasteiger partial charge in [-0.25, -0.2) is 0 Å². The fraction of sp³-hybridized carbons (Fsp3) is 0. The second-order valence-electron chi connectivity index (χ2n) is 10.8. The lowest BCUT2D eigenvalue weighted by Crippen LogP contribution is -1.92. The van der Waals surface area contributed by atoms with Crippen LogP contribution in [0.3, 0.4) is 0 Å². The summed E-state index contributed by atoms with van der Waals surface area (Å²) in [4.78, 5) is 0. The lowest BCUT2D eigenvalue weighted by atomic mass is 9.84. The highest BCUT2D eigenvalue weighted by atomic mass is 16.3. The van der Waals surface area contributed by atoms with Crippen molar-refractivity contribution in [3.8, 4) is 33.4 Å². The maximum Gasteiger partial charge on any atom is 0.136 e. The number of rotatable bonds is 3. The summed E-state index contributed by atoms with van der Waals surface area (Å²) >= 11 is 0. The van der Waals surface area contributed by atoms with Crippen molar-refractivity contribution in [2.75, 3.05) is 0 Å². The molecule has 1 heteroatoms. The van der Waals surface area contributed by atoms with Crippen LogP contribution in [-0.4, -0.2) is 0 Å². The Morgan fingerprint density at radius 1 is 0.317 bits per heavy atom. The summed E-state index contributed by atoms with van der Waals surface area (Å²) in [6.45, 7) is 0. The van der Waals surface area contributed by atoms with Crippen LogP contribution < -0.4 is 0 Å². The Bertz CT molecular complexity index is 2340. The summed E-state index contributed by atoms with van der Waals surface area (Å²) in [5.74, 6) is 0. The number of furan rings is 1. The topological polar surface area (TPSA) is 13.1 Å². The number of hydrogen-bond acceptors (Lipinski definition) is 1. The van der Waals surface area contributed by atoms with E-state index in [4.69, 9.17) is 4.42 Å². The molecule has 0 amide bonds. The van der Waals surface area contributed by atoms with Crippen LogP contribution in [-0.2, 0) is 0 Å². The van der Waals surface area contributed by atoms with Gasteiger partial charge in [0.25, 0.3) is 0 Å². The van der Waals surface area contributed by atoms with E-state index in [-0.39, 0.29) is 0 Å². The van der Waals surface area contributed by atoms with Crippen LogP contribution in [0.25, 0.3) is 87.6 Å². The second kappa shape index (κ2) is 8.55. The van der Waals surface area contributed by atoms with Crippen molar-refractivity contribution >= 4 is 54.3 Å². The lowest BCUT2D eigenvalue weighted by Gasteiger charge is -2.19. The second-order valence-corrected chi connectivity index (χ2v) is 10.8. The molecule has 1 heterocycles. The molecule has 0 N–H and O–H groups in total. The zero-order chi connectivity index (χ0) is 26.9. The summed E-state index contributed by atoms with van der Waals surface area (Å²) < 4.78 is 6.30. The molecule has 0 unspecified atom stereocenters. The Kier molecular flexibility index (Phi) is 4.67. The van der Waals surface area contributed by atoms with Gasteiger partial charge in [0, 0.05) is 10.8 Å². The Morgan fingerprint density at radius 3 is 1.61 bits per heavy atom. The van der Waals surface area contributed by atoms with Gasteiger partial charge in [-0.3, -0.25) is 0 Å². The Balaban J connectivity index is 1.36. The van der Waals surface area contributed by atoms with Gasteiger partial charge in [0.05, 0.1) is 0 Å². The third kappa shape index (κ3) is 3.24. The Labute approximate surface area is 237 Å². The zero-order valence-corrected chi connectivity index (χ0v) is 22.3. The third-order valence-electron chi connectivity index (χ3n) is 8.65. The predicted molar refractivity (Wildman–Crippen MR) is 174 cm³/mol. The molecule has 0 aliphatic carbocycles. The molecule has 0 spiro atoms. The van der Waals surface area contributed by atoms with Gasteiger partial charge in [-0.1, -0.05) is 127 Å². The SMILES string of the molecule is c1ccc(-c2ccc(-c3c4ccccc4c(-c4ccc5oc6cccc7ccc4c5c76)c4ccccc34)cc2)cc1. The molecule has 0 radical (unpaired) electrons. The fourth-order valence-electron chi connectivity index (χ4n) is 6.85. The average molecular weight is 521 g/mol. The van der Waals surface area contributed by atoms with Crippen LogP contribution in [0.2, 0.25) is 0 Å². The minimum Gasteiger partial charge on any atom is -0.456 e. The van der Waals surface area contributed by atoms with Crippen LogP contribution in [0.1, 0.15) is 0 Å². The van der Waals surface area contributed by atoms with Gasteiger partial charge in [0.1, 0.15) is 11.2 Å². The Morgan fingerprint density at radius 2 is 0.902 bits per heavy atom. The fourth-order valence-corrected chi connectivity index (χ4v) is 6.85. The van der Waals surface area contributed by atoms with E-state index in [1.807, 2.05) is 0 Å². The highest BCUT2D eigenvalue weighted by molar-refractivity contribution is 6.28. The normalized spacial score (nSPS) is 11.9. The zero-order valence-electron chi connectivity index (χ0n) is 22.3. The summed E-state index contributed by atoms with van der Waals surface area (Å²) in [6.07, 6.45) is 0. The van der Waals surface area contributed by atoms with E-state index in [0.717, 1.165) is 11.2 Å². The molecular weight excluding hydrogens is 496 g/mol. The van der Waals surface area contributed by atoms with Gasteiger partial charge in [0.15, 0.2) is 0 Å². The maximum absolute atomic E-state index is 6.30. The molecule has 0 saturated heterocycles. The minimum absolute atomic E-state index is 0.944. The van der Waals surface area contributed by atoms with E-state index in [2.05, 4.69) is 146 Å². The van der Waals surface area contributed by atoms with Crippen LogP contribution in [0, 0.1) is 0 Å². The van der Waals surface area contributed by atoms with Crippen molar-refractivity contribution in [2.24, 2.45) is 0 Å². The van der Waals surface area contributed by atoms with Gasteiger partial charge in [-0.15, -0.1) is 0 Å². The van der Waals surface area contributed by atoms with Crippen molar-refractivity contribution in [3.63, 3.8) is 0 Å². The molecule has 0 atom stereocenters. The molecule has 9 rings (SSSR count). The monoisotopic (exact) mass is 520 g/mol. The average Bonchev–Trinajstić information content (AvgIpc) is 3.43. The molecule has 0 aliphatic rings. The maximum atomic E-state index is 6.30. The van der Waals surface area contributed by atoms with Crippen molar-refractivity contribution in [3.05, 3.63) is 146 Å². The van der Waals surface area contributed by atoms with Crippen LogP contribution in [0.4, 0.5) is 0 Å². The van der Waals surface area contributed by atoms with Crippen LogP contribution >= 0.6 is 0 Å². The van der Waals surface area contributed by atoms with Gasteiger partial charge in [0.2, 0.25) is 0 Å². The first kappa shape index (κ1) is 22.4. The van der Waals surface area contributed by atoms with Gasteiger partial charge in [-0.05, 0) is 83.9 Å². The van der Waals surface area contributed by atoms with E-state index in [9.17, 15) is 0 Å². The first-order valence-electron chi connectivity index (χ1n) is 14.1. The van der Waals surface area contributed by atoms with Gasteiger partial charge < -0.3 is 4.42 Å². The van der Waals surface area contributed by atoms with E-state index >= 15 is 0 Å². The largest absolute Gasteiger partial charge is 0.456 e. The molecular formula is C40H24O. The molecule has 1 aromatic heterocycles. The van der Waals surface area contributed by atoms with Gasteiger partial charge >= 0.3 is 0 Å². The first-order valence-corrected chi connectivity index (χ1v) is 14.1. The quantitative estimate of drug-likeness (QED) is 0.167. The number of fused-ring (bicyclic) bond motifs is 2. The smallest absolute Gasteiger partial charge is 0.136 e. The van der Waals surface area contributed by atoms with E-state index < -0.39 is 0 Å². The van der Waals surface area contributed by atoms with E-state index in [1.165, 1.54) is 76.5 Å². The number of benzene rings is 8. The third-order valence-corrected chi connectivity index (χ3v) is 8.65. The molecule has 41 heavy (non-hydrogen) atoms. The first-order chi connectivity index (χ1) is 20.3. The molecule has 0 bridgehead atoms. The highest BCUT2D eigenvalue weighted by Crippen LogP contribution is 2.47. The molecule has 0 fully saturated rings. The van der Waals surface area contributed by atoms with Crippen molar-refractivity contribution in [1.82, 2.24) is 0 Å². The number of hydrogen-bond donors (Lipinski definition) is 0. The molecule has 1 nitrogen and oxygen atoms in total. The summed E-state index contributed by atoms with van der Waals surface area (Å²) in [5, 5.41) is 9.92. The van der Waals surface area contributed by atoms with Crippen LogP contribution in [0.5, 0.6) is 0 Å². The minimum atomic E-state index is 0.944. The summed E-state index contributed by atoms with van der Waals surface area (Å²) in [6, 6.07) is 52.6. The van der Waals surface area contributed by atoms with Crippen molar-refractivity contribution in [2.45, 2.75) is 0 Å². The standard InChI is InChI=1S/C40H24O/c1-2-9-25(10-3-1)26-17-19-28(20-18-26)37-29-12-4-6-14-31(29)39(32-15-7-5-13-30(32)37)33-23-24-36-40-34(33)22-21-27-11-8-16-35(41-36)38(27)40/h1-24H. The van der Waals surface area contributed by atoms with Crippen molar-refractivity contribution in [1.29, 1.82) is 0 Å². The summed E-state index contributed by atoms with van der Waals surface area (Å²) in [7, 11) is 0. The summed E-state index contributed by atoms with van der Waals surface area (Å²) in [5.41, 5.74) is 9.37. The lowest BCUT2D eigenvalue weighted by molar-refractivity contribution is 0.669. The highest BCUT2D eigenvalue weighted by Gasteiger charge is 2.20. The molecule has 9 aromatic rings. The molecule has 0 aliphatic heterocycles. The molecule has 8 aromatic carbocycles.